The predicted molar refractivity (Wildman–Crippen MR) is 93.5 cm³/mol. The number of benzene rings is 1. The van der Waals surface area contributed by atoms with E-state index in [1.165, 1.54) is 32.1 Å². The fourth-order valence-corrected chi connectivity index (χ4v) is 3.68. The Kier molecular flexibility index (Phi) is 4.34. The SMILES string of the molecule is CC(Nc1c(N)cnc2ccc(Br)cc12)C1CCCCC1. The van der Waals surface area contributed by atoms with E-state index in [9.17, 15) is 0 Å². The van der Waals surface area contributed by atoms with Gasteiger partial charge in [-0.05, 0) is 43.9 Å². The number of pyridine rings is 1. The maximum absolute atomic E-state index is 6.17. The summed E-state index contributed by atoms with van der Waals surface area (Å²) in [7, 11) is 0. The van der Waals surface area contributed by atoms with Crippen molar-refractivity contribution < 1.29 is 0 Å². The Balaban J connectivity index is 1.91. The van der Waals surface area contributed by atoms with Crippen LogP contribution in [-0.4, -0.2) is 11.0 Å². The molecule has 0 aliphatic heterocycles. The van der Waals surface area contributed by atoms with Gasteiger partial charge in [0.25, 0.3) is 0 Å². The first-order valence-corrected chi connectivity index (χ1v) is 8.55. The number of nitrogens with two attached hydrogens (primary N) is 1. The average molecular weight is 348 g/mol. The van der Waals surface area contributed by atoms with Gasteiger partial charge in [0, 0.05) is 15.9 Å². The number of hydrogen-bond acceptors (Lipinski definition) is 3. The first-order valence-electron chi connectivity index (χ1n) is 7.75. The molecule has 1 aliphatic carbocycles. The Labute approximate surface area is 134 Å². The van der Waals surface area contributed by atoms with E-state index >= 15 is 0 Å². The highest BCUT2D eigenvalue weighted by atomic mass is 79.9. The summed E-state index contributed by atoms with van der Waals surface area (Å²) in [6.45, 7) is 2.28. The largest absolute Gasteiger partial charge is 0.396 e. The molecule has 1 aliphatic rings. The van der Waals surface area contributed by atoms with Crippen molar-refractivity contribution in [3.8, 4) is 0 Å². The normalized spacial score (nSPS) is 17.8. The van der Waals surface area contributed by atoms with Crippen LogP contribution in [0.2, 0.25) is 0 Å². The number of nitrogens with zero attached hydrogens (tertiary/aromatic N) is 1. The molecule has 1 atom stereocenters. The third-order valence-corrected chi connectivity index (χ3v) is 5.08. The zero-order valence-electron chi connectivity index (χ0n) is 12.4. The summed E-state index contributed by atoms with van der Waals surface area (Å²) in [5, 5.41) is 4.75. The number of halogens is 1. The number of fused-ring (bicyclic) bond motifs is 1. The summed E-state index contributed by atoms with van der Waals surface area (Å²) < 4.78 is 1.05. The molecule has 0 saturated heterocycles. The summed E-state index contributed by atoms with van der Waals surface area (Å²) in [4.78, 5) is 4.42. The highest BCUT2D eigenvalue weighted by molar-refractivity contribution is 9.10. The molecule has 0 bridgehead atoms. The van der Waals surface area contributed by atoms with Gasteiger partial charge in [-0.25, -0.2) is 0 Å². The molecule has 3 nitrogen and oxygen atoms in total. The van der Waals surface area contributed by atoms with Gasteiger partial charge in [0.05, 0.1) is 23.1 Å². The molecule has 1 aromatic carbocycles. The molecule has 2 aromatic rings. The highest BCUT2D eigenvalue weighted by Gasteiger charge is 2.21. The molecule has 0 amide bonds. The van der Waals surface area contributed by atoms with Crippen LogP contribution >= 0.6 is 15.9 Å². The summed E-state index contributed by atoms with van der Waals surface area (Å²) >= 11 is 3.54. The molecule has 4 heteroatoms. The van der Waals surface area contributed by atoms with E-state index in [1.807, 2.05) is 12.1 Å². The van der Waals surface area contributed by atoms with Crippen LogP contribution in [0.15, 0.2) is 28.9 Å². The van der Waals surface area contributed by atoms with Crippen molar-refractivity contribution in [2.24, 2.45) is 5.92 Å². The monoisotopic (exact) mass is 347 g/mol. The van der Waals surface area contributed by atoms with Crippen LogP contribution in [0.1, 0.15) is 39.0 Å². The van der Waals surface area contributed by atoms with Crippen LogP contribution < -0.4 is 11.1 Å². The standard InChI is InChI=1S/C17H22BrN3/c1-11(12-5-3-2-4-6-12)21-17-14-9-13(18)7-8-16(14)20-10-15(17)19/h7-12H,2-6,19H2,1H3,(H,20,21). The fourth-order valence-electron chi connectivity index (χ4n) is 3.32. The van der Waals surface area contributed by atoms with Crippen molar-refractivity contribution in [3.63, 3.8) is 0 Å². The lowest BCUT2D eigenvalue weighted by Gasteiger charge is -2.29. The number of hydrogen-bond donors (Lipinski definition) is 2. The van der Waals surface area contributed by atoms with E-state index in [0.29, 0.717) is 6.04 Å². The van der Waals surface area contributed by atoms with Crippen molar-refractivity contribution in [1.82, 2.24) is 4.98 Å². The van der Waals surface area contributed by atoms with E-state index in [-0.39, 0.29) is 0 Å². The highest BCUT2D eigenvalue weighted by Crippen LogP contribution is 2.33. The third kappa shape index (κ3) is 3.15. The first-order chi connectivity index (χ1) is 10.1. The van der Waals surface area contributed by atoms with Gasteiger partial charge in [-0.1, -0.05) is 35.2 Å². The second-order valence-corrected chi connectivity index (χ2v) is 7.00. The minimum absolute atomic E-state index is 0.442. The zero-order valence-corrected chi connectivity index (χ0v) is 14.0. The Bertz CT molecular complexity index is 630. The smallest absolute Gasteiger partial charge is 0.0743 e. The average Bonchev–Trinajstić information content (AvgIpc) is 2.51. The van der Waals surface area contributed by atoms with Crippen LogP contribution in [0.4, 0.5) is 11.4 Å². The van der Waals surface area contributed by atoms with Gasteiger partial charge in [-0.2, -0.15) is 0 Å². The van der Waals surface area contributed by atoms with Crippen LogP contribution in [0.5, 0.6) is 0 Å². The molecule has 112 valence electrons. The lowest BCUT2D eigenvalue weighted by molar-refractivity contribution is 0.328. The lowest BCUT2D eigenvalue weighted by Crippen LogP contribution is -2.28. The van der Waals surface area contributed by atoms with Crippen molar-refractivity contribution in [3.05, 3.63) is 28.9 Å². The molecule has 3 N–H and O–H groups in total. The van der Waals surface area contributed by atoms with Crippen LogP contribution in [0, 0.1) is 5.92 Å². The van der Waals surface area contributed by atoms with Gasteiger partial charge in [0.15, 0.2) is 0 Å². The molecule has 1 aromatic heterocycles. The molecular formula is C17H22BrN3. The minimum atomic E-state index is 0.442. The van der Waals surface area contributed by atoms with Gasteiger partial charge in [-0.15, -0.1) is 0 Å². The zero-order chi connectivity index (χ0) is 14.8. The number of rotatable bonds is 3. The Morgan fingerprint density at radius 2 is 2.05 bits per heavy atom. The summed E-state index contributed by atoms with van der Waals surface area (Å²) in [6.07, 6.45) is 8.49. The molecule has 1 heterocycles. The second-order valence-electron chi connectivity index (χ2n) is 6.08. The molecule has 0 radical (unpaired) electrons. The first kappa shape index (κ1) is 14.6. The van der Waals surface area contributed by atoms with Gasteiger partial charge in [-0.3, -0.25) is 4.98 Å². The van der Waals surface area contributed by atoms with Crippen LogP contribution in [0.3, 0.4) is 0 Å². The Morgan fingerprint density at radius 3 is 2.81 bits per heavy atom. The van der Waals surface area contributed by atoms with Gasteiger partial charge >= 0.3 is 0 Å². The van der Waals surface area contributed by atoms with E-state index in [4.69, 9.17) is 5.73 Å². The summed E-state index contributed by atoms with van der Waals surface area (Å²) in [5.74, 6) is 0.744. The van der Waals surface area contributed by atoms with Crippen molar-refractivity contribution in [2.45, 2.75) is 45.1 Å². The van der Waals surface area contributed by atoms with Gasteiger partial charge in [0.1, 0.15) is 0 Å². The molecule has 0 spiro atoms. The summed E-state index contributed by atoms with van der Waals surface area (Å²) in [6, 6.07) is 6.57. The van der Waals surface area contributed by atoms with Crippen molar-refractivity contribution >= 4 is 38.2 Å². The molecule has 1 saturated carbocycles. The number of anilines is 2. The third-order valence-electron chi connectivity index (χ3n) is 4.59. The van der Waals surface area contributed by atoms with E-state index in [1.54, 1.807) is 6.20 Å². The van der Waals surface area contributed by atoms with E-state index in [0.717, 1.165) is 32.7 Å². The quantitative estimate of drug-likeness (QED) is 0.824. The molecule has 21 heavy (non-hydrogen) atoms. The van der Waals surface area contributed by atoms with Crippen molar-refractivity contribution in [1.29, 1.82) is 0 Å². The minimum Gasteiger partial charge on any atom is -0.396 e. The molecule has 1 fully saturated rings. The molecule has 3 rings (SSSR count). The number of nitrogen functional groups attached to an aromatic ring is 1. The topological polar surface area (TPSA) is 50.9 Å². The van der Waals surface area contributed by atoms with Gasteiger partial charge in [0.2, 0.25) is 0 Å². The summed E-state index contributed by atoms with van der Waals surface area (Å²) in [5.41, 5.74) is 8.90. The lowest BCUT2D eigenvalue weighted by atomic mass is 9.84. The number of aromatic nitrogens is 1. The Morgan fingerprint density at radius 1 is 1.29 bits per heavy atom. The molecular weight excluding hydrogens is 326 g/mol. The molecule has 1 unspecified atom stereocenters. The van der Waals surface area contributed by atoms with E-state index in [2.05, 4.69) is 39.2 Å². The number of nitrogens with one attached hydrogen (secondary N) is 1. The predicted octanol–water partition coefficient (Wildman–Crippen LogP) is 4.96. The second kappa shape index (κ2) is 6.22. The van der Waals surface area contributed by atoms with Crippen LogP contribution in [0.25, 0.3) is 10.9 Å². The van der Waals surface area contributed by atoms with Crippen molar-refractivity contribution in [2.75, 3.05) is 11.1 Å². The fraction of sp³-hybridized carbons (Fsp3) is 0.471. The van der Waals surface area contributed by atoms with Gasteiger partial charge < -0.3 is 11.1 Å². The van der Waals surface area contributed by atoms with E-state index < -0.39 is 0 Å². The Hall–Kier alpha value is -1.29. The maximum atomic E-state index is 6.17. The maximum Gasteiger partial charge on any atom is 0.0743 e. The van der Waals surface area contributed by atoms with Crippen LogP contribution in [-0.2, 0) is 0 Å².